The van der Waals surface area contributed by atoms with Gasteiger partial charge in [0.1, 0.15) is 0 Å². The zero-order valence-electron chi connectivity index (χ0n) is 13.5. The number of esters is 1. The molecule has 130 valence electrons. The van der Waals surface area contributed by atoms with Gasteiger partial charge in [0.25, 0.3) is 5.91 Å². The lowest BCUT2D eigenvalue weighted by Crippen LogP contribution is -2.30. The van der Waals surface area contributed by atoms with Crippen molar-refractivity contribution < 1.29 is 14.3 Å². The number of hydrogen-bond donors (Lipinski definition) is 1. The Bertz CT molecular complexity index is 772. The SMILES string of the molecule is C[C@H](NC(=O)COC(=O)/C=C/c1ccc(Cl)cc1)c1cccc(Cl)c1. The van der Waals surface area contributed by atoms with E-state index in [-0.39, 0.29) is 18.6 Å². The minimum absolute atomic E-state index is 0.241. The highest BCUT2D eigenvalue weighted by molar-refractivity contribution is 6.30. The zero-order chi connectivity index (χ0) is 18.2. The topological polar surface area (TPSA) is 55.4 Å². The van der Waals surface area contributed by atoms with Crippen molar-refractivity contribution in [1.29, 1.82) is 0 Å². The predicted molar refractivity (Wildman–Crippen MR) is 99.5 cm³/mol. The Balaban J connectivity index is 1.79. The first-order valence-corrected chi connectivity index (χ1v) is 8.35. The summed E-state index contributed by atoms with van der Waals surface area (Å²) in [7, 11) is 0. The number of rotatable bonds is 6. The maximum atomic E-state index is 11.9. The average molecular weight is 378 g/mol. The fourth-order valence-corrected chi connectivity index (χ4v) is 2.39. The molecule has 0 saturated heterocycles. The second-order valence-electron chi connectivity index (χ2n) is 5.34. The van der Waals surface area contributed by atoms with Crippen LogP contribution >= 0.6 is 23.2 Å². The van der Waals surface area contributed by atoms with Gasteiger partial charge in [0.05, 0.1) is 6.04 Å². The Kier molecular flexibility index (Phi) is 7.04. The van der Waals surface area contributed by atoms with Gasteiger partial charge in [-0.1, -0.05) is 47.5 Å². The molecule has 0 bridgehead atoms. The summed E-state index contributed by atoms with van der Waals surface area (Å²) in [5.41, 5.74) is 1.68. The molecule has 1 N–H and O–H groups in total. The number of hydrogen-bond acceptors (Lipinski definition) is 3. The normalized spacial score (nSPS) is 12.0. The molecule has 2 rings (SSSR count). The quantitative estimate of drug-likeness (QED) is 0.598. The number of carbonyl (C=O) groups is 2. The fraction of sp³-hybridized carbons (Fsp3) is 0.158. The Labute approximate surface area is 156 Å². The van der Waals surface area contributed by atoms with Crippen LogP contribution in [0.1, 0.15) is 24.1 Å². The molecule has 1 atom stereocenters. The van der Waals surface area contributed by atoms with Crippen LogP contribution in [0.5, 0.6) is 0 Å². The van der Waals surface area contributed by atoms with Crippen LogP contribution in [0.25, 0.3) is 6.08 Å². The van der Waals surface area contributed by atoms with E-state index in [2.05, 4.69) is 5.32 Å². The smallest absolute Gasteiger partial charge is 0.331 e. The molecule has 0 spiro atoms. The molecular weight excluding hydrogens is 361 g/mol. The molecule has 0 saturated carbocycles. The van der Waals surface area contributed by atoms with Gasteiger partial charge in [-0.2, -0.15) is 0 Å². The first-order chi connectivity index (χ1) is 11.9. The minimum atomic E-state index is -0.597. The van der Waals surface area contributed by atoms with Gasteiger partial charge in [0, 0.05) is 16.1 Å². The molecule has 0 heterocycles. The monoisotopic (exact) mass is 377 g/mol. The molecule has 0 unspecified atom stereocenters. The van der Waals surface area contributed by atoms with Gasteiger partial charge in [-0.25, -0.2) is 4.79 Å². The van der Waals surface area contributed by atoms with Crippen molar-refractivity contribution in [2.45, 2.75) is 13.0 Å². The Morgan fingerprint density at radius 3 is 2.52 bits per heavy atom. The molecule has 6 heteroatoms. The highest BCUT2D eigenvalue weighted by atomic mass is 35.5. The van der Waals surface area contributed by atoms with Crippen LogP contribution in [0, 0.1) is 0 Å². The van der Waals surface area contributed by atoms with Gasteiger partial charge in [-0.15, -0.1) is 0 Å². The van der Waals surface area contributed by atoms with Crippen molar-refractivity contribution in [3.05, 3.63) is 75.8 Å². The van der Waals surface area contributed by atoms with Crippen LogP contribution in [0.4, 0.5) is 0 Å². The van der Waals surface area contributed by atoms with Gasteiger partial charge < -0.3 is 10.1 Å². The molecule has 0 radical (unpaired) electrons. The molecule has 0 aliphatic heterocycles. The number of nitrogens with one attached hydrogen (secondary N) is 1. The van der Waals surface area contributed by atoms with Crippen molar-refractivity contribution in [3.63, 3.8) is 0 Å². The van der Waals surface area contributed by atoms with Crippen LogP contribution in [-0.4, -0.2) is 18.5 Å². The van der Waals surface area contributed by atoms with E-state index in [4.69, 9.17) is 27.9 Å². The van der Waals surface area contributed by atoms with E-state index in [0.29, 0.717) is 10.0 Å². The van der Waals surface area contributed by atoms with E-state index < -0.39 is 5.97 Å². The van der Waals surface area contributed by atoms with E-state index in [1.807, 2.05) is 19.1 Å². The van der Waals surface area contributed by atoms with Gasteiger partial charge >= 0.3 is 5.97 Å². The minimum Gasteiger partial charge on any atom is -0.452 e. The molecular formula is C19H17Cl2NO3. The van der Waals surface area contributed by atoms with Crippen molar-refractivity contribution >= 4 is 41.2 Å². The number of halogens is 2. The van der Waals surface area contributed by atoms with E-state index >= 15 is 0 Å². The second kappa shape index (κ2) is 9.25. The van der Waals surface area contributed by atoms with Crippen LogP contribution in [0.3, 0.4) is 0 Å². The standard InChI is InChI=1S/C19H17Cl2NO3/c1-13(15-3-2-4-17(21)11-15)22-18(23)12-25-19(24)10-7-14-5-8-16(20)9-6-14/h2-11,13H,12H2,1H3,(H,22,23)/b10-7+/t13-/m0/s1. The third-order valence-electron chi connectivity index (χ3n) is 3.35. The second-order valence-corrected chi connectivity index (χ2v) is 6.21. The molecule has 2 aromatic rings. The third-order valence-corrected chi connectivity index (χ3v) is 3.84. The summed E-state index contributed by atoms with van der Waals surface area (Å²) in [5.74, 6) is -0.985. The third kappa shape index (κ3) is 6.61. The Hall–Kier alpha value is -2.30. The Morgan fingerprint density at radius 1 is 1.12 bits per heavy atom. The van der Waals surface area contributed by atoms with E-state index in [0.717, 1.165) is 11.1 Å². The number of carbonyl (C=O) groups excluding carboxylic acids is 2. The average Bonchev–Trinajstić information content (AvgIpc) is 2.59. The molecule has 0 aliphatic carbocycles. The van der Waals surface area contributed by atoms with Crippen LogP contribution in [-0.2, 0) is 14.3 Å². The Morgan fingerprint density at radius 2 is 1.84 bits per heavy atom. The van der Waals surface area contributed by atoms with Gasteiger partial charge in [-0.05, 0) is 48.4 Å². The van der Waals surface area contributed by atoms with Gasteiger partial charge in [0.15, 0.2) is 6.61 Å². The first kappa shape index (κ1) is 19.0. The van der Waals surface area contributed by atoms with Gasteiger partial charge in [0.2, 0.25) is 0 Å². The first-order valence-electron chi connectivity index (χ1n) is 7.59. The summed E-state index contributed by atoms with van der Waals surface area (Å²) in [6.07, 6.45) is 2.85. The fourth-order valence-electron chi connectivity index (χ4n) is 2.07. The summed E-state index contributed by atoms with van der Waals surface area (Å²) in [6.45, 7) is 1.47. The summed E-state index contributed by atoms with van der Waals surface area (Å²) in [6, 6.07) is 13.9. The van der Waals surface area contributed by atoms with Crippen molar-refractivity contribution in [2.75, 3.05) is 6.61 Å². The van der Waals surface area contributed by atoms with Crippen LogP contribution in [0.15, 0.2) is 54.6 Å². The van der Waals surface area contributed by atoms with Crippen LogP contribution in [0.2, 0.25) is 10.0 Å². The van der Waals surface area contributed by atoms with Gasteiger partial charge in [-0.3, -0.25) is 4.79 Å². The van der Waals surface area contributed by atoms with E-state index in [9.17, 15) is 9.59 Å². The summed E-state index contributed by atoms with van der Waals surface area (Å²) >= 11 is 11.7. The summed E-state index contributed by atoms with van der Waals surface area (Å²) < 4.78 is 4.92. The van der Waals surface area contributed by atoms with Crippen LogP contribution < -0.4 is 5.32 Å². The molecule has 25 heavy (non-hydrogen) atoms. The number of amides is 1. The summed E-state index contributed by atoms with van der Waals surface area (Å²) in [4.78, 5) is 23.5. The molecule has 0 aliphatic rings. The largest absolute Gasteiger partial charge is 0.452 e. The van der Waals surface area contributed by atoms with E-state index in [1.165, 1.54) is 6.08 Å². The van der Waals surface area contributed by atoms with Crippen molar-refractivity contribution in [2.24, 2.45) is 0 Å². The van der Waals surface area contributed by atoms with Crippen molar-refractivity contribution in [3.8, 4) is 0 Å². The molecule has 2 aromatic carbocycles. The number of ether oxygens (including phenoxy) is 1. The molecule has 0 fully saturated rings. The predicted octanol–water partition coefficient (Wildman–Crippen LogP) is 4.43. The molecule has 1 amide bonds. The van der Waals surface area contributed by atoms with Crippen molar-refractivity contribution in [1.82, 2.24) is 5.32 Å². The summed E-state index contributed by atoms with van der Waals surface area (Å²) in [5, 5.41) is 3.96. The highest BCUT2D eigenvalue weighted by Crippen LogP contribution is 2.17. The number of benzene rings is 2. The maximum absolute atomic E-state index is 11.9. The lowest BCUT2D eigenvalue weighted by Gasteiger charge is -2.14. The maximum Gasteiger partial charge on any atom is 0.331 e. The highest BCUT2D eigenvalue weighted by Gasteiger charge is 2.11. The zero-order valence-corrected chi connectivity index (χ0v) is 15.1. The lowest BCUT2D eigenvalue weighted by atomic mass is 10.1. The lowest BCUT2D eigenvalue weighted by molar-refractivity contribution is -0.144. The van der Waals surface area contributed by atoms with E-state index in [1.54, 1.807) is 42.5 Å². The molecule has 0 aromatic heterocycles. The molecule has 4 nitrogen and oxygen atoms in total.